The number of piperidine rings is 1. The number of hydrogen-bond acceptors (Lipinski definition) is 3. The summed E-state index contributed by atoms with van der Waals surface area (Å²) in [6, 6.07) is 0. The third kappa shape index (κ3) is 12.3. The van der Waals surface area contributed by atoms with Gasteiger partial charge in [0.25, 0.3) is 10.1 Å². The Labute approximate surface area is 113 Å². The maximum Gasteiger partial charge on any atom is 0.261 e. The average molecular weight is 279 g/mol. The molecule has 0 saturated carbocycles. The first-order chi connectivity index (χ1) is 8.36. The fourth-order valence-corrected chi connectivity index (χ4v) is 2.31. The molecular weight excluding hydrogens is 250 g/mol. The van der Waals surface area contributed by atoms with Gasteiger partial charge < -0.3 is 4.90 Å². The molecule has 0 aliphatic carbocycles. The highest BCUT2D eigenvalue weighted by molar-refractivity contribution is 7.85. The molecule has 1 saturated heterocycles. The minimum atomic E-state index is -3.67. The number of hydrogen-bond donors (Lipinski definition) is 1. The summed E-state index contributed by atoms with van der Waals surface area (Å²) in [5.41, 5.74) is 0. The van der Waals surface area contributed by atoms with E-state index in [0.29, 0.717) is 6.26 Å². The molecule has 1 fully saturated rings. The second kappa shape index (κ2) is 9.75. The van der Waals surface area contributed by atoms with E-state index < -0.39 is 10.1 Å². The molecule has 1 aliphatic rings. The second-order valence-corrected chi connectivity index (χ2v) is 6.63. The lowest BCUT2D eigenvalue weighted by atomic mass is 9.92. The quantitative estimate of drug-likeness (QED) is 0.786. The van der Waals surface area contributed by atoms with Crippen LogP contribution in [0.25, 0.3) is 0 Å². The molecule has 4 nitrogen and oxygen atoms in total. The Balaban J connectivity index is 0.000000494. The summed E-state index contributed by atoms with van der Waals surface area (Å²) in [5, 5.41) is 0. The fraction of sp³-hybridized carbons (Fsp3) is 1.00. The molecule has 0 aromatic heterocycles. The standard InChI is InChI=1S/C12H25N.CH4O3S/c1-3-5-6-12-7-10-13(9-4-2)11-8-12;1-5(2,3)4/h12H,3-11H2,1-2H3;1H3,(H,2,3,4). The number of unbranched alkanes of at least 4 members (excludes halogenated alkanes) is 1. The molecule has 0 radical (unpaired) electrons. The lowest BCUT2D eigenvalue weighted by Gasteiger charge is -2.31. The van der Waals surface area contributed by atoms with Crippen molar-refractivity contribution in [2.24, 2.45) is 5.92 Å². The van der Waals surface area contributed by atoms with Crippen molar-refractivity contribution in [2.45, 2.75) is 52.4 Å². The molecule has 5 heteroatoms. The van der Waals surface area contributed by atoms with Crippen molar-refractivity contribution < 1.29 is 13.0 Å². The van der Waals surface area contributed by atoms with Gasteiger partial charge >= 0.3 is 0 Å². The van der Waals surface area contributed by atoms with Crippen molar-refractivity contribution in [1.82, 2.24) is 4.90 Å². The summed E-state index contributed by atoms with van der Waals surface area (Å²) >= 11 is 0. The summed E-state index contributed by atoms with van der Waals surface area (Å²) in [6.07, 6.45) is 9.25. The van der Waals surface area contributed by atoms with Crippen molar-refractivity contribution in [1.29, 1.82) is 0 Å². The molecule has 0 aromatic carbocycles. The first-order valence-corrected chi connectivity index (χ1v) is 8.86. The van der Waals surface area contributed by atoms with Crippen molar-refractivity contribution in [3.05, 3.63) is 0 Å². The lowest BCUT2D eigenvalue weighted by molar-refractivity contribution is 0.178. The normalized spacial score (nSPS) is 18.2. The minimum absolute atomic E-state index is 0.715. The summed E-state index contributed by atoms with van der Waals surface area (Å²) in [5.74, 6) is 1.05. The molecule has 110 valence electrons. The summed E-state index contributed by atoms with van der Waals surface area (Å²) in [6.45, 7) is 8.63. The molecule has 0 aromatic rings. The maximum atomic E-state index is 9.19. The molecule has 0 spiro atoms. The van der Waals surface area contributed by atoms with E-state index in [1.807, 2.05) is 0 Å². The average Bonchev–Trinajstić information content (AvgIpc) is 2.26. The highest BCUT2D eigenvalue weighted by Crippen LogP contribution is 2.22. The molecule has 0 atom stereocenters. The van der Waals surface area contributed by atoms with E-state index in [0.717, 1.165) is 5.92 Å². The van der Waals surface area contributed by atoms with E-state index in [1.54, 1.807) is 0 Å². The van der Waals surface area contributed by atoms with Crippen LogP contribution in [0.15, 0.2) is 0 Å². The molecule has 1 aliphatic heterocycles. The van der Waals surface area contributed by atoms with Crippen LogP contribution in [-0.2, 0) is 10.1 Å². The van der Waals surface area contributed by atoms with Crippen molar-refractivity contribution in [3.8, 4) is 0 Å². The Hall–Kier alpha value is -0.130. The van der Waals surface area contributed by atoms with Crippen LogP contribution >= 0.6 is 0 Å². The SMILES string of the molecule is CCCCC1CCN(CCC)CC1.CS(=O)(=O)O. The second-order valence-electron chi connectivity index (χ2n) is 5.16. The third-order valence-electron chi connectivity index (χ3n) is 3.21. The topological polar surface area (TPSA) is 57.6 Å². The summed E-state index contributed by atoms with van der Waals surface area (Å²) in [7, 11) is -3.67. The highest BCUT2D eigenvalue weighted by Gasteiger charge is 2.17. The van der Waals surface area contributed by atoms with Gasteiger partial charge in [-0.15, -0.1) is 0 Å². The number of likely N-dealkylation sites (tertiary alicyclic amines) is 1. The molecular formula is C13H29NO3S. The van der Waals surface area contributed by atoms with Gasteiger partial charge in [-0.05, 0) is 44.8 Å². The first-order valence-electron chi connectivity index (χ1n) is 7.01. The zero-order chi connectivity index (χ0) is 14.0. The van der Waals surface area contributed by atoms with Gasteiger partial charge in [-0.25, -0.2) is 0 Å². The van der Waals surface area contributed by atoms with E-state index in [9.17, 15) is 8.42 Å². The molecule has 0 amide bonds. The Bertz CT molecular complexity index is 275. The maximum absolute atomic E-state index is 9.19. The summed E-state index contributed by atoms with van der Waals surface area (Å²) in [4.78, 5) is 2.63. The van der Waals surface area contributed by atoms with E-state index in [1.165, 1.54) is 58.2 Å². The Morgan fingerprint density at radius 3 is 2.06 bits per heavy atom. The monoisotopic (exact) mass is 279 g/mol. The first kappa shape index (κ1) is 17.9. The Kier molecular flexibility index (Phi) is 9.68. The van der Waals surface area contributed by atoms with Crippen LogP contribution in [0.1, 0.15) is 52.4 Å². The van der Waals surface area contributed by atoms with Gasteiger partial charge in [0.15, 0.2) is 0 Å². The van der Waals surface area contributed by atoms with E-state index >= 15 is 0 Å². The van der Waals surface area contributed by atoms with Crippen molar-refractivity contribution in [2.75, 3.05) is 25.9 Å². The van der Waals surface area contributed by atoms with Gasteiger partial charge in [-0.2, -0.15) is 8.42 Å². The van der Waals surface area contributed by atoms with Crippen LogP contribution in [0.3, 0.4) is 0 Å². The highest BCUT2D eigenvalue weighted by atomic mass is 32.2. The van der Waals surface area contributed by atoms with Crippen LogP contribution < -0.4 is 0 Å². The van der Waals surface area contributed by atoms with Crippen LogP contribution in [0.5, 0.6) is 0 Å². The van der Waals surface area contributed by atoms with Crippen LogP contribution in [0, 0.1) is 5.92 Å². The van der Waals surface area contributed by atoms with Crippen LogP contribution in [0.2, 0.25) is 0 Å². The van der Waals surface area contributed by atoms with Crippen molar-refractivity contribution >= 4 is 10.1 Å². The number of nitrogens with zero attached hydrogens (tertiary/aromatic N) is 1. The largest absolute Gasteiger partial charge is 0.303 e. The third-order valence-corrected chi connectivity index (χ3v) is 3.21. The smallest absolute Gasteiger partial charge is 0.261 e. The van der Waals surface area contributed by atoms with Gasteiger partial charge in [0.2, 0.25) is 0 Å². The Morgan fingerprint density at radius 1 is 1.17 bits per heavy atom. The van der Waals surface area contributed by atoms with Crippen LogP contribution in [-0.4, -0.2) is 43.8 Å². The molecule has 0 unspecified atom stereocenters. The fourth-order valence-electron chi connectivity index (χ4n) is 2.31. The molecule has 1 N–H and O–H groups in total. The summed E-state index contributed by atoms with van der Waals surface area (Å²) < 4.78 is 25.9. The zero-order valence-corrected chi connectivity index (χ0v) is 12.9. The van der Waals surface area contributed by atoms with Gasteiger partial charge in [-0.3, -0.25) is 4.55 Å². The van der Waals surface area contributed by atoms with Crippen LogP contribution in [0.4, 0.5) is 0 Å². The van der Waals surface area contributed by atoms with Gasteiger partial charge in [0.1, 0.15) is 0 Å². The molecule has 0 bridgehead atoms. The Morgan fingerprint density at radius 2 is 1.67 bits per heavy atom. The lowest BCUT2D eigenvalue weighted by Crippen LogP contribution is -2.34. The predicted molar refractivity (Wildman–Crippen MR) is 76.5 cm³/mol. The molecule has 1 heterocycles. The van der Waals surface area contributed by atoms with Gasteiger partial charge in [-0.1, -0.05) is 33.1 Å². The van der Waals surface area contributed by atoms with Gasteiger partial charge in [0.05, 0.1) is 6.26 Å². The van der Waals surface area contributed by atoms with Crippen molar-refractivity contribution in [3.63, 3.8) is 0 Å². The molecule has 1 rings (SSSR count). The predicted octanol–water partition coefficient (Wildman–Crippen LogP) is 2.80. The van der Waals surface area contributed by atoms with E-state index in [-0.39, 0.29) is 0 Å². The van der Waals surface area contributed by atoms with E-state index in [2.05, 4.69) is 18.7 Å². The zero-order valence-electron chi connectivity index (χ0n) is 12.1. The molecule has 18 heavy (non-hydrogen) atoms. The minimum Gasteiger partial charge on any atom is -0.303 e. The van der Waals surface area contributed by atoms with Gasteiger partial charge in [0, 0.05) is 0 Å². The number of rotatable bonds is 5. The van der Waals surface area contributed by atoms with E-state index in [4.69, 9.17) is 4.55 Å².